The van der Waals surface area contributed by atoms with Crippen molar-refractivity contribution in [3.05, 3.63) is 70.9 Å². The molecule has 1 N–H and O–H groups in total. The summed E-state index contributed by atoms with van der Waals surface area (Å²) in [5, 5.41) is 11.8. The fourth-order valence-corrected chi connectivity index (χ4v) is 3.43. The van der Waals surface area contributed by atoms with E-state index in [9.17, 15) is 4.79 Å². The lowest BCUT2D eigenvalue weighted by atomic mass is 10.1. The van der Waals surface area contributed by atoms with Crippen LogP contribution in [0.4, 0.5) is 17.5 Å². The predicted octanol–water partition coefficient (Wildman–Crippen LogP) is 3.50. The summed E-state index contributed by atoms with van der Waals surface area (Å²) in [7, 11) is 0. The fraction of sp³-hybridized carbons (Fsp3) is 0.304. The molecular weight excluding hydrogens is 376 g/mol. The minimum absolute atomic E-state index is 0.0916. The maximum absolute atomic E-state index is 12.8. The number of nitrogens with zero attached hydrogens (tertiary/aromatic N) is 5. The second-order valence-corrected chi connectivity index (χ2v) is 7.70. The van der Waals surface area contributed by atoms with Gasteiger partial charge in [-0.25, -0.2) is 4.98 Å². The lowest BCUT2D eigenvalue weighted by Crippen LogP contribution is -2.49. The zero-order valence-electron chi connectivity index (χ0n) is 17.6. The van der Waals surface area contributed by atoms with Crippen molar-refractivity contribution in [2.75, 3.05) is 36.4 Å². The lowest BCUT2D eigenvalue weighted by molar-refractivity contribution is 0.0746. The van der Waals surface area contributed by atoms with Gasteiger partial charge in [-0.3, -0.25) is 4.79 Å². The Morgan fingerprint density at radius 1 is 0.867 bits per heavy atom. The Bertz CT molecular complexity index is 1020. The Balaban J connectivity index is 1.35. The number of nitrogens with one attached hydrogen (secondary N) is 1. The number of rotatable bonds is 4. The van der Waals surface area contributed by atoms with Crippen LogP contribution >= 0.6 is 0 Å². The second kappa shape index (κ2) is 8.49. The van der Waals surface area contributed by atoms with Crippen LogP contribution in [-0.2, 0) is 0 Å². The van der Waals surface area contributed by atoms with Crippen molar-refractivity contribution in [2.45, 2.75) is 20.8 Å². The molecule has 0 bridgehead atoms. The van der Waals surface area contributed by atoms with Gasteiger partial charge < -0.3 is 15.1 Å². The molecule has 0 spiro atoms. The van der Waals surface area contributed by atoms with Crippen LogP contribution in [0.15, 0.2) is 48.7 Å². The van der Waals surface area contributed by atoms with Crippen LogP contribution < -0.4 is 10.2 Å². The van der Waals surface area contributed by atoms with Crippen LogP contribution in [0.25, 0.3) is 0 Å². The van der Waals surface area contributed by atoms with Crippen molar-refractivity contribution in [1.82, 2.24) is 20.1 Å². The number of piperazine rings is 1. The summed E-state index contributed by atoms with van der Waals surface area (Å²) in [6.07, 6.45) is 1.81. The van der Waals surface area contributed by atoms with E-state index in [1.165, 1.54) is 5.56 Å². The van der Waals surface area contributed by atoms with E-state index in [-0.39, 0.29) is 5.91 Å². The first kappa shape index (κ1) is 19.8. The summed E-state index contributed by atoms with van der Waals surface area (Å²) in [5.41, 5.74) is 4.21. The molecule has 3 aromatic rings. The molecule has 154 valence electrons. The highest BCUT2D eigenvalue weighted by Crippen LogP contribution is 2.18. The highest BCUT2D eigenvalue weighted by Gasteiger charge is 2.23. The molecular formula is C23H26N6O. The minimum Gasteiger partial charge on any atom is -0.352 e. The van der Waals surface area contributed by atoms with Gasteiger partial charge in [0.1, 0.15) is 5.82 Å². The standard InChI is InChI=1S/C23H26N6O/c1-16-4-7-20(24-15-16)25-21-8-9-22(27-26-21)28-10-12-29(13-11-28)23(30)19-6-5-17(2)18(3)14-19/h4-9,14-15H,10-13H2,1-3H3,(H,24,25,26). The van der Waals surface area contributed by atoms with E-state index in [0.717, 1.165) is 41.4 Å². The van der Waals surface area contributed by atoms with Crippen molar-refractivity contribution >= 4 is 23.4 Å². The monoisotopic (exact) mass is 402 g/mol. The maximum atomic E-state index is 12.8. The van der Waals surface area contributed by atoms with Gasteiger partial charge in [-0.2, -0.15) is 0 Å². The molecule has 1 aromatic carbocycles. The number of aromatic nitrogens is 3. The van der Waals surface area contributed by atoms with E-state index in [1.807, 2.05) is 67.4 Å². The molecule has 7 nitrogen and oxygen atoms in total. The lowest BCUT2D eigenvalue weighted by Gasteiger charge is -2.35. The van der Waals surface area contributed by atoms with E-state index in [0.29, 0.717) is 18.9 Å². The van der Waals surface area contributed by atoms with Gasteiger partial charge in [0.05, 0.1) is 0 Å². The van der Waals surface area contributed by atoms with Crippen LogP contribution in [0, 0.1) is 20.8 Å². The molecule has 1 saturated heterocycles. The third-order valence-corrected chi connectivity index (χ3v) is 5.46. The van der Waals surface area contributed by atoms with Crippen LogP contribution in [0.3, 0.4) is 0 Å². The summed E-state index contributed by atoms with van der Waals surface area (Å²) in [4.78, 5) is 21.2. The second-order valence-electron chi connectivity index (χ2n) is 7.70. The third kappa shape index (κ3) is 4.40. The Kier molecular flexibility index (Phi) is 5.61. The molecule has 0 aliphatic carbocycles. The van der Waals surface area contributed by atoms with E-state index in [4.69, 9.17) is 0 Å². The molecule has 30 heavy (non-hydrogen) atoms. The summed E-state index contributed by atoms with van der Waals surface area (Å²) in [5.74, 6) is 2.30. The molecule has 0 unspecified atom stereocenters. The van der Waals surface area contributed by atoms with Gasteiger partial charge in [-0.15, -0.1) is 10.2 Å². The van der Waals surface area contributed by atoms with Gasteiger partial charge in [0.2, 0.25) is 0 Å². The zero-order valence-corrected chi connectivity index (χ0v) is 17.6. The fourth-order valence-electron chi connectivity index (χ4n) is 3.43. The molecule has 1 aliphatic rings. The number of amides is 1. The normalized spacial score (nSPS) is 14.0. The summed E-state index contributed by atoms with van der Waals surface area (Å²) >= 11 is 0. The maximum Gasteiger partial charge on any atom is 0.253 e. The Hall–Kier alpha value is -3.48. The van der Waals surface area contributed by atoms with Gasteiger partial charge in [-0.05, 0) is 67.8 Å². The van der Waals surface area contributed by atoms with Gasteiger partial charge in [0.25, 0.3) is 5.91 Å². The highest BCUT2D eigenvalue weighted by atomic mass is 16.2. The van der Waals surface area contributed by atoms with Gasteiger partial charge >= 0.3 is 0 Å². The summed E-state index contributed by atoms with van der Waals surface area (Å²) in [6, 6.07) is 13.7. The van der Waals surface area contributed by atoms with Gasteiger partial charge in [0, 0.05) is 37.9 Å². The molecule has 1 amide bonds. The molecule has 7 heteroatoms. The quantitative estimate of drug-likeness (QED) is 0.720. The Morgan fingerprint density at radius 3 is 2.27 bits per heavy atom. The third-order valence-electron chi connectivity index (χ3n) is 5.46. The van der Waals surface area contributed by atoms with Crippen LogP contribution in [0.2, 0.25) is 0 Å². The van der Waals surface area contributed by atoms with E-state index in [1.54, 1.807) is 0 Å². The van der Waals surface area contributed by atoms with Gasteiger partial charge in [-0.1, -0.05) is 12.1 Å². The molecule has 1 aliphatic heterocycles. The van der Waals surface area contributed by atoms with E-state index in [2.05, 4.69) is 32.3 Å². The largest absolute Gasteiger partial charge is 0.352 e. The molecule has 0 radical (unpaired) electrons. The first-order chi connectivity index (χ1) is 14.5. The highest BCUT2D eigenvalue weighted by molar-refractivity contribution is 5.94. The number of aryl methyl sites for hydroxylation is 3. The topological polar surface area (TPSA) is 74.2 Å². The number of benzene rings is 1. The summed E-state index contributed by atoms with van der Waals surface area (Å²) < 4.78 is 0. The predicted molar refractivity (Wildman–Crippen MR) is 118 cm³/mol. The van der Waals surface area contributed by atoms with Crippen molar-refractivity contribution in [3.63, 3.8) is 0 Å². The Labute approximate surface area is 176 Å². The summed E-state index contributed by atoms with van der Waals surface area (Å²) in [6.45, 7) is 8.90. The Morgan fingerprint density at radius 2 is 1.63 bits per heavy atom. The smallest absolute Gasteiger partial charge is 0.253 e. The van der Waals surface area contributed by atoms with Crippen molar-refractivity contribution in [1.29, 1.82) is 0 Å². The first-order valence-corrected chi connectivity index (χ1v) is 10.1. The van der Waals surface area contributed by atoms with E-state index >= 15 is 0 Å². The minimum atomic E-state index is 0.0916. The van der Waals surface area contributed by atoms with Crippen LogP contribution in [0.5, 0.6) is 0 Å². The van der Waals surface area contributed by atoms with Crippen molar-refractivity contribution in [2.24, 2.45) is 0 Å². The molecule has 0 atom stereocenters. The number of anilines is 3. The number of pyridine rings is 1. The van der Waals surface area contributed by atoms with Crippen LogP contribution in [0.1, 0.15) is 27.0 Å². The number of hydrogen-bond donors (Lipinski definition) is 1. The number of carbonyl (C=O) groups excluding carboxylic acids is 1. The average molecular weight is 403 g/mol. The zero-order chi connectivity index (χ0) is 21.1. The number of carbonyl (C=O) groups is 1. The molecule has 2 aromatic heterocycles. The number of hydrogen-bond acceptors (Lipinski definition) is 6. The molecule has 0 saturated carbocycles. The molecule has 3 heterocycles. The van der Waals surface area contributed by atoms with E-state index < -0.39 is 0 Å². The van der Waals surface area contributed by atoms with Crippen molar-refractivity contribution in [3.8, 4) is 0 Å². The average Bonchev–Trinajstić information content (AvgIpc) is 2.77. The van der Waals surface area contributed by atoms with Crippen LogP contribution in [-0.4, -0.2) is 52.2 Å². The van der Waals surface area contributed by atoms with Gasteiger partial charge in [0.15, 0.2) is 11.6 Å². The van der Waals surface area contributed by atoms with Crippen molar-refractivity contribution < 1.29 is 4.79 Å². The first-order valence-electron chi connectivity index (χ1n) is 10.1. The molecule has 1 fully saturated rings. The molecule has 4 rings (SSSR count). The SMILES string of the molecule is Cc1ccc(Nc2ccc(N3CCN(C(=O)c4ccc(C)c(C)c4)CC3)nn2)nc1.